The molecule has 2 heterocycles. The van der Waals surface area contributed by atoms with E-state index in [9.17, 15) is 9.90 Å². The fraction of sp³-hybridized carbons (Fsp3) is 0.318. The fourth-order valence-electron chi connectivity index (χ4n) is 3.80. The van der Waals surface area contributed by atoms with Crippen LogP contribution in [0.2, 0.25) is 5.02 Å². The molecule has 2 aromatic rings. The molecule has 4 rings (SSSR count). The Morgan fingerprint density at radius 1 is 1.22 bits per heavy atom. The number of benzene rings is 2. The number of piperidine rings is 1. The summed E-state index contributed by atoms with van der Waals surface area (Å²) in [5.41, 5.74) is 1.95. The first-order chi connectivity index (χ1) is 13.0. The molecule has 0 aromatic heterocycles. The van der Waals surface area contributed by atoms with Crippen LogP contribution in [-0.4, -0.2) is 24.0 Å². The molecule has 0 atom stereocenters. The van der Waals surface area contributed by atoms with E-state index >= 15 is 0 Å². The topological polar surface area (TPSA) is 51.0 Å². The van der Waals surface area contributed by atoms with Gasteiger partial charge in [0, 0.05) is 5.02 Å². The number of hydrogen-bond acceptors (Lipinski definition) is 3. The van der Waals surface area contributed by atoms with Crippen molar-refractivity contribution >= 4 is 23.5 Å². The van der Waals surface area contributed by atoms with Crippen molar-refractivity contribution in [2.24, 2.45) is 5.92 Å². The van der Waals surface area contributed by atoms with Gasteiger partial charge in [0.05, 0.1) is 24.2 Å². The fourth-order valence-corrected chi connectivity index (χ4v) is 3.99. The molecule has 0 unspecified atom stereocenters. The maximum Gasteiger partial charge on any atom is 0.231 e. The summed E-state index contributed by atoms with van der Waals surface area (Å²) in [7, 11) is 0. The van der Waals surface area contributed by atoms with Crippen molar-refractivity contribution in [3.8, 4) is 11.5 Å². The lowest BCUT2D eigenvalue weighted by atomic mass is 9.98. The molecule has 2 aliphatic rings. The first kappa shape index (κ1) is 18.1. The number of halogens is 1. The number of nitrogens with one attached hydrogen (secondary N) is 1. The van der Waals surface area contributed by atoms with Gasteiger partial charge in [-0.1, -0.05) is 36.7 Å². The monoisotopic (exact) mass is 384 g/mol. The van der Waals surface area contributed by atoms with Crippen molar-refractivity contribution < 1.29 is 19.5 Å². The highest BCUT2D eigenvalue weighted by molar-refractivity contribution is 6.32. The maximum atomic E-state index is 12.8. The quantitative estimate of drug-likeness (QED) is 0.796. The summed E-state index contributed by atoms with van der Waals surface area (Å²) in [6, 6.07) is 10.6. The second-order valence-electron chi connectivity index (χ2n) is 7.51. The standard InChI is InChI=1S/C22H22ClNO3/c1-14-8-10-24(11-9-14)13-17-19(25)7-6-16-21(26)20(27-22(16)17)12-15-4-2-3-5-18(15)23/h2-7,12,14,25H,8-11,13H2,1H3/p+1/b20-12-. The number of aromatic hydroxyl groups is 1. The first-order valence-corrected chi connectivity index (χ1v) is 9.78. The van der Waals surface area contributed by atoms with Gasteiger partial charge in [0.25, 0.3) is 0 Å². The molecule has 0 bridgehead atoms. The van der Waals surface area contributed by atoms with E-state index in [4.69, 9.17) is 16.3 Å². The van der Waals surface area contributed by atoms with Crippen LogP contribution in [0.1, 0.15) is 41.3 Å². The van der Waals surface area contributed by atoms with E-state index in [2.05, 4.69) is 6.92 Å². The molecule has 2 N–H and O–H groups in total. The largest absolute Gasteiger partial charge is 0.507 e. The maximum absolute atomic E-state index is 12.8. The van der Waals surface area contributed by atoms with Gasteiger partial charge >= 0.3 is 0 Å². The Kier molecular flexibility index (Phi) is 4.94. The number of ketones is 1. The van der Waals surface area contributed by atoms with Crippen LogP contribution in [0.4, 0.5) is 0 Å². The van der Waals surface area contributed by atoms with E-state index in [1.54, 1.807) is 24.3 Å². The molecule has 0 spiro atoms. The highest BCUT2D eigenvalue weighted by atomic mass is 35.5. The molecule has 1 saturated heterocycles. The molecule has 27 heavy (non-hydrogen) atoms. The molecule has 2 aliphatic heterocycles. The van der Waals surface area contributed by atoms with E-state index in [1.165, 1.54) is 17.7 Å². The van der Waals surface area contributed by atoms with Gasteiger partial charge in [0.15, 0.2) is 11.5 Å². The number of fused-ring (bicyclic) bond motifs is 1. The summed E-state index contributed by atoms with van der Waals surface area (Å²) in [5, 5.41) is 11.0. The lowest BCUT2D eigenvalue weighted by Crippen LogP contribution is -3.11. The average Bonchev–Trinajstić information content (AvgIpc) is 2.97. The van der Waals surface area contributed by atoms with E-state index in [0.29, 0.717) is 28.4 Å². The lowest BCUT2D eigenvalue weighted by molar-refractivity contribution is -0.919. The van der Waals surface area contributed by atoms with Crippen LogP contribution in [0.15, 0.2) is 42.2 Å². The number of phenols is 1. The highest BCUT2D eigenvalue weighted by Gasteiger charge is 2.33. The van der Waals surface area contributed by atoms with Crippen molar-refractivity contribution in [2.45, 2.75) is 26.3 Å². The number of quaternary nitrogens is 1. The van der Waals surface area contributed by atoms with Crippen molar-refractivity contribution in [1.29, 1.82) is 0 Å². The molecule has 0 saturated carbocycles. The molecule has 0 radical (unpaired) electrons. The second-order valence-corrected chi connectivity index (χ2v) is 7.92. The van der Waals surface area contributed by atoms with Gasteiger partial charge in [0.1, 0.15) is 12.3 Å². The van der Waals surface area contributed by atoms with Crippen LogP contribution >= 0.6 is 11.6 Å². The summed E-state index contributed by atoms with van der Waals surface area (Å²) in [4.78, 5) is 14.2. The number of rotatable bonds is 3. The summed E-state index contributed by atoms with van der Waals surface area (Å²) in [5.74, 6) is 1.50. The predicted molar refractivity (Wildman–Crippen MR) is 105 cm³/mol. The van der Waals surface area contributed by atoms with Crippen molar-refractivity contribution in [2.75, 3.05) is 13.1 Å². The zero-order valence-corrected chi connectivity index (χ0v) is 16.1. The van der Waals surface area contributed by atoms with Crippen molar-refractivity contribution in [3.05, 3.63) is 63.9 Å². The molecular formula is C22H23ClNO3+. The van der Waals surface area contributed by atoms with Gasteiger partial charge < -0.3 is 14.7 Å². The first-order valence-electron chi connectivity index (χ1n) is 9.40. The number of allylic oxidation sites excluding steroid dienone is 1. The number of carbonyl (C=O) groups is 1. The molecule has 1 fully saturated rings. The van der Waals surface area contributed by atoms with Crippen LogP contribution in [0, 0.1) is 5.92 Å². The van der Waals surface area contributed by atoms with Gasteiger partial charge in [-0.3, -0.25) is 4.79 Å². The Morgan fingerprint density at radius 3 is 2.70 bits per heavy atom. The molecule has 140 valence electrons. The Morgan fingerprint density at radius 2 is 1.96 bits per heavy atom. The number of ether oxygens (including phenoxy) is 1. The lowest BCUT2D eigenvalue weighted by Gasteiger charge is -2.27. The van der Waals surface area contributed by atoms with E-state index in [-0.39, 0.29) is 17.3 Å². The van der Waals surface area contributed by atoms with E-state index < -0.39 is 0 Å². The Bertz CT molecular complexity index is 914. The molecule has 4 nitrogen and oxygen atoms in total. The van der Waals surface area contributed by atoms with Crippen LogP contribution in [-0.2, 0) is 6.54 Å². The summed E-state index contributed by atoms with van der Waals surface area (Å²) in [6.07, 6.45) is 4.03. The van der Waals surface area contributed by atoms with Crippen LogP contribution < -0.4 is 9.64 Å². The van der Waals surface area contributed by atoms with Gasteiger partial charge in [-0.2, -0.15) is 0 Å². The summed E-state index contributed by atoms with van der Waals surface area (Å²) in [6.45, 7) is 5.08. The van der Waals surface area contributed by atoms with Gasteiger partial charge in [0.2, 0.25) is 5.78 Å². The Labute approximate surface area is 164 Å². The molecule has 5 heteroatoms. The predicted octanol–water partition coefficient (Wildman–Crippen LogP) is 3.48. The SMILES string of the molecule is CC1CC[NH+](Cc2c(O)ccc3c2O/C(=C\c2ccccc2Cl)C3=O)CC1. The average molecular weight is 385 g/mol. The Balaban J connectivity index is 1.64. The summed E-state index contributed by atoms with van der Waals surface area (Å²) < 4.78 is 5.93. The van der Waals surface area contributed by atoms with Crippen LogP contribution in [0.25, 0.3) is 6.08 Å². The van der Waals surface area contributed by atoms with Gasteiger partial charge in [-0.05, 0) is 48.6 Å². The molecule has 0 amide bonds. The second kappa shape index (κ2) is 7.37. The number of likely N-dealkylation sites (tertiary alicyclic amines) is 1. The molecule has 2 aromatic carbocycles. The van der Waals surface area contributed by atoms with E-state index in [1.807, 2.05) is 18.2 Å². The minimum Gasteiger partial charge on any atom is -0.507 e. The van der Waals surface area contributed by atoms with Gasteiger partial charge in [-0.15, -0.1) is 0 Å². The third-order valence-corrected chi connectivity index (χ3v) is 5.86. The zero-order chi connectivity index (χ0) is 19.0. The van der Waals surface area contributed by atoms with Crippen LogP contribution in [0.5, 0.6) is 11.5 Å². The van der Waals surface area contributed by atoms with Crippen molar-refractivity contribution in [3.63, 3.8) is 0 Å². The minimum absolute atomic E-state index is 0.173. The molecule has 0 aliphatic carbocycles. The highest BCUT2D eigenvalue weighted by Crippen LogP contribution is 2.39. The summed E-state index contributed by atoms with van der Waals surface area (Å²) >= 11 is 6.20. The Hall–Kier alpha value is -2.30. The third-order valence-electron chi connectivity index (χ3n) is 5.52. The van der Waals surface area contributed by atoms with Crippen molar-refractivity contribution in [1.82, 2.24) is 0 Å². The normalized spacial score (nSPS) is 23.3. The zero-order valence-electron chi connectivity index (χ0n) is 15.3. The number of carbonyl (C=O) groups excluding carboxylic acids is 1. The van der Waals surface area contributed by atoms with E-state index in [0.717, 1.165) is 24.6 Å². The van der Waals surface area contributed by atoms with Crippen LogP contribution in [0.3, 0.4) is 0 Å². The number of phenolic OH excluding ortho intramolecular Hbond substituents is 1. The molecular weight excluding hydrogens is 362 g/mol. The smallest absolute Gasteiger partial charge is 0.231 e. The third kappa shape index (κ3) is 3.60. The number of Topliss-reactive ketones (excluding diaryl/α,β-unsaturated/α-hetero) is 1. The number of hydrogen-bond donors (Lipinski definition) is 2. The van der Waals surface area contributed by atoms with Gasteiger partial charge in [-0.25, -0.2) is 0 Å². The minimum atomic E-state index is -0.173.